The summed E-state index contributed by atoms with van der Waals surface area (Å²) in [6.45, 7) is 6.27. The molecule has 0 aliphatic carbocycles. The highest BCUT2D eigenvalue weighted by atomic mass is 16.5. The second kappa shape index (κ2) is 10.9. The molecule has 0 saturated heterocycles. The molecule has 0 saturated carbocycles. The highest BCUT2D eigenvalue weighted by Crippen LogP contribution is 2.24. The molecule has 1 amide bonds. The lowest BCUT2D eigenvalue weighted by molar-refractivity contribution is -0.121. The van der Waals surface area contributed by atoms with Gasteiger partial charge in [0, 0.05) is 36.6 Å². The Morgan fingerprint density at radius 2 is 1.67 bits per heavy atom. The van der Waals surface area contributed by atoms with Crippen LogP contribution < -0.4 is 10.1 Å². The van der Waals surface area contributed by atoms with Gasteiger partial charge in [0.1, 0.15) is 5.75 Å². The summed E-state index contributed by atoms with van der Waals surface area (Å²) in [5.74, 6) is 0.976. The van der Waals surface area contributed by atoms with Crippen LogP contribution in [0.2, 0.25) is 0 Å². The van der Waals surface area contributed by atoms with Crippen molar-refractivity contribution in [1.29, 1.82) is 0 Å². The van der Waals surface area contributed by atoms with E-state index in [2.05, 4.69) is 83.7 Å². The number of carbonyl (C=O) groups is 1. The number of nitrogens with zero attached hydrogens (tertiary/aromatic N) is 1. The van der Waals surface area contributed by atoms with Crippen LogP contribution in [0.3, 0.4) is 0 Å². The first-order valence-corrected chi connectivity index (χ1v) is 11.7. The van der Waals surface area contributed by atoms with Crippen LogP contribution in [0, 0.1) is 6.92 Å². The lowest BCUT2D eigenvalue weighted by atomic mass is 10.1. The Kier molecular flexibility index (Phi) is 7.46. The number of benzene rings is 3. The highest BCUT2D eigenvalue weighted by Gasteiger charge is 2.11. The van der Waals surface area contributed by atoms with Gasteiger partial charge in [-0.05, 0) is 67.1 Å². The molecule has 0 unspecified atom stereocenters. The van der Waals surface area contributed by atoms with E-state index in [1.54, 1.807) is 0 Å². The summed E-state index contributed by atoms with van der Waals surface area (Å²) in [6, 6.07) is 25.0. The molecule has 0 bridgehead atoms. The van der Waals surface area contributed by atoms with Crippen LogP contribution in [0.15, 0.2) is 79.0 Å². The maximum absolute atomic E-state index is 12.5. The topological polar surface area (TPSA) is 43.3 Å². The molecule has 4 aromatic rings. The molecule has 3 aromatic carbocycles. The van der Waals surface area contributed by atoms with Crippen LogP contribution in [0.25, 0.3) is 10.9 Å². The zero-order chi connectivity index (χ0) is 23.0. The number of nitrogens with one attached hydrogen (secondary N) is 1. The summed E-state index contributed by atoms with van der Waals surface area (Å²) in [5, 5.41) is 4.30. The van der Waals surface area contributed by atoms with E-state index in [0.29, 0.717) is 19.6 Å². The van der Waals surface area contributed by atoms with Crippen molar-refractivity contribution < 1.29 is 9.53 Å². The van der Waals surface area contributed by atoms with Gasteiger partial charge in [-0.25, -0.2) is 0 Å². The largest absolute Gasteiger partial charge is 0.494 e. The van der Waals surface area contributed by atoms with Gasteiger partial charge < -0.3 is 14.6 Å². The molecule has 0 aliphatic rings. The fourth-order valence-electron chi connectivity index (χ4n) is 4.23. The van der Waals surface area contributed by atoms with Crippen LogP contribution >= 0.6 is 0 Å². The van der Waals surface area contributed by atoms with E-state index >= 15 is 0 Å². The third-order valence-electron chi connectivity index (χ3n) is 6.06. The number of para-hydroxylation sites is 1. The molecule has 1 heterocycles. The summed E-state index contributed by atoms with van der Waals surface area (Å²) in [4.78, 5) is 12.5. The van der Waals surface area contributed by atoms with E-state index < -0.39 is 0 Å². The molecule has 4 heteroatoms. The monoisotopic (exact) mass is 440 g/mol. The number of aryl methyl sites for hydroxylation is 2. The van der Waals surface area contributed by atoms with E-state index in [-0.39, 0.29) is 5.91 Å². The van der Waals surface area contributed by atoms with Gasteiger partial charge in [0.15, 0.2) is 0 Å². The lowest BCUT2D eigenvalue weighted by Gasteiger charge is -2.08. The molecule has 33 heavy (non-hydrogen) atoms. The fraction of sp³-hybridized carbons (Fsp3) is 0.276. The van der Waals surface area contributed by atoms with Crippen molar-refractivity contribution in [2.24, 2.45) is 0 Å². The fourth-order valence-corrected chi connectivity index (χ4v) is 4.23. The standard InChI is InChI=1S/C29H32N2O2/c1-3-33-26-15-12-23(13-16-26)18-19-30-29(32)17-14-25-21-31(28-11-7-6-10-27(25)28)20-24-9-5-4-8-22(24)2/h4-13,15-16,21H,3,14,17-20H2,1-2H3,(H,30,32). The van der Waals surface area contributed by atoms with Crippen molar-refractivity contribution in [3.8, 4) is 5.75 Å². The number of rotatable bonds is 10. The van der Waals surface area contributed by atoms with E-state index in [9.17, 15) is 4.79 Å². The van der Waals surface area contributed by atoms with Crippen LogP contribution in [0.5, 0.6) is 5.75 Å². The average Bonchev–Trinajstić information content (AvgIpc) is 3.18. The Labute approximate surface area is 196 Å². The molecule has 170 valence electrons. The summed E-state index contributed by atoms with van der Waals surface area (Å²) >= 11 is 0. The lowest BCUT2D eigenvalue weighted by Crippen LogP contribution is -2.25. The third-order valence-corrected chi connectivity index (χ3v) is 6.06. The number of hydrogen-bond acceptors (Lipinski definition) is 2. The number of fused-ring (bicyclic) bond motifs is 1. The molecular weight excluding hydrogens is 408 g/mol. The maximum atomic E-state index is 12.5. The average molecular weight is 441 g/mol. The van der Waals surface area contributed by atoms with E-state index in [1.807, 2.05) is 19.1 Å². The van der Waals surface area contributed by atoms with Crippen molar-refractivity contribution in [1.82, 2.24) is 9.88 Å². The molecule has 0 spiro atoms. The Bertz CT molecular complexity index is 1210. The summed E-state index contributed by atoms with van der Waals surface area (Å²) < 4.78 is 7.78. The number of hydrogen-bond donors (Lipinski definition) is 1. The summed E-state index contributed by atoms with van der Waals surface area (Å²) in [7, 11) is 0. The molecule has 0 atom stereocenters. The molecule has 4 nitrogen and oxygen atoms in total. The van der Waals surface area contributed by atoms with Gasteiger partial charge >= 0.3 is 0 Å². The summed E-state index contributed by atoms with van der Waals surface area (Å²) in [6.07, 6.45) is 4.25. The number of ether oxygens (including phenoxy) is 1. The van der Waals surface area contributed by atoms with Crippen molar-refractivity contribution in [3.63, 3.8) is 0 Å². The van der Waals surface area contributed by atoms with Gasteiger partial charge in [0.25, 0.3) is 0 Å². The van der Waals surface area contributed by atoms with Crippen molar-refractivity contribution >= 4 is 16.8 Å². The van der Waals surface area contributed by atoms with Gasteiger partial charge in [-0.2, -0.15) is 0 Å². The Morgan fingerprint density at radius 3 is 2.45 bits per heavy atom. The first-order chi connectivity index (χ1) is 16.1. The smallest absolute Gasteiger partial charge is 0.220 e. The highest BCUT2D eigenvalue weighted by molar-refractivity contribution is 5.85. The second-order valence-electron chi connectivity index (χ2n) is 8.40. The molecule has 0 radical (unpaired) electrons. The zero-order valence-corrected chi connectivity index (χ0v) is 19.5. The number of carbonyl (C=O) groups excluding carboxylic acids is 1. The molecule has 1 aromatic heterocycles. The number of aromatic nitrogens is 1. The minimum atomic E-state index is 0.0941. The molecule has 0 fully saturated rings. The zero-order valence-electron chi connectivity index (χ0n) is 19.5. The number of amides is 1. The predicted molar refractivity (Wildman–Crippen MR) is 135 cm³/mol. The normalized spacial score (nSPS) is 11.0. The van der Waals surface area contributed by atoms with Gasteiger partial charge in [0.2, 0.25) is 5.91 Å². The van der Waals surface area contributed by atoms with E-state index in [0.717, 1.165) is 25.1 Å². The molecular formula is C29H32N2O2. The molecule has 1 N–H and O–H groups in total. The Hall–Kier alpha value is -3.53. The molecule has 0 aliphatic heterocycles. The van der Waals surface area contributed by atoms with Crippen LogP contribution in [-0.2, 0) is 24.2 Å². The minimum Gasteiger partial charge on any atom is -0.494 e. The molecule has 4 rings (SSSR count). The SMILES string of the molecule is CCOc1ccc(CCNC(=O)CCc2cn(Cc3ccccc3C)c3ccccc23)cc1. The van der Waals surface area contributed by atoms with Crippen LogP contribution in [0.1, 0.15) is 35.6 Å². The van der Waals surface area contributed by atoms with Crippen molar-refractivity contribution in [2.45, 2.75) is 39.7 Å². The van der Waals surface area contributed by atoms with Crippen LogP contribution in [0.4, 0.5) is 0 Å². The van der Waals surface area contributed by atoms with Crippen molar-refractivity contribution in [3.05, 3.63) is 101 Å². The van der Waals surface area contributed by atoms with E-state index in [1.165, 1.54) is 33.2 Å². The van der Waals surface area contributed by atoms with Gasteiger partial charge in [0.05, 0.1) is 6.61 Å². The Morgan fingerprint density at radius 1 is 0.909 bits per heavy atom. The van der Waals surface area contributed by atoms with Gasteiger partial charge in [-0.15, -0.1) is 0 Å². The van der Waals surface area contributed by atoms with Crippen molar-refractivity contribution in [2.75, 3.05) is 13.2 Å². The van der Waals surface area contributed by atoms with Gasteiger partial charge in [-0.3, -0.25) is 4.79 Å². The second-order valence-corrected chi connectivity index (χ2v) is 8.40. The Balaban J connectivity index is 1.34. The maximum Gasteiger partial charge on any atom is 0.220 e. The van der Waals surface area contributed by atoms with Crippen LogP contribution in [-0.4, -0.2) is 23.6 Å². The first kappa shape index (κ1) is 22.7. The third kappa shape index (κ3) is 5.83. The first-order valence-electron chi connectivity index (χ1n) is 11.7. The van der Waals surface area contributed by atoms with Gasteiger partial charge in [-0.1, -0.05) is 54.6 Å². The predicted octanol–water partition coefficient (Wildman–Crippen LogP) is 5.69. The van der Waals surface area contributed by atoms with E-state index in [4.69, 9.17) is 4.74 Å². The summed E-state index contributed by atoms with van der Waals surface area (Å²) in [5.41, 5.74) is 6.24. The quantitative estimate of drug-likeness (QED) is 0.344. The minimum absolute atomic E-state index is 0.0941.